The van der Waals surface area contributed by atoms with Crippen molar-refractivity contribution < 1.29 is 39.1 Å². The van der Waals surface area contributed by atoms with Gasteiger partial charge in [0.05, 0.1) is 17.9 Å². The van der Waals surface area contributed by atoms with E-state index in [0.717, 1.165) is 0 Å². The standard InChI is InChI=1S/C31H43N3O8/c1-8-12-33-26-21-13-17(2)14-25(41-7)27(36)19(4)15-20(5)29(42-31(32)39)24(40-6)11-9-10-18(3)30(38)34-22(28(21)37)16-23(26)35/h8-12,15-17,19,24-25,27,29,35-37H,1,13-14H2,2-7H3,(H2,32,39)(H,34,38)/t17-,19+,24?,25+,27-,29+/m1/s1. The molecule has 2 rings (SSSR count). The number of aliphatic hydroxyl groups excluding tert-OH is 1. The number of hydrogen-bond donors (Lipinski definition) is 5. The van der Waals surface area contributed by atoms with Crippen LogP contribution in [0.2, 0.25) is 0 Å². The number of carbonyl (C=O) groups is 2. The zero-order valence-corrected chi connectivity index (χ0v) is 25.0. The van der Waals surface area contributed by atoms with Gasteiger partial charge in [-0.15, -0.1) is 0 Å². The summed E-state index contributed by atoms with van der Waals surface area (Å²) in [5.74, 6) is -1.61. The van der Waals surface area contributed by atoms with Gasteiger partial charge in [-0.3, -0.25) is 9.79 Å². The van der Waals surface area contributed by atoms with Crippen LogP contribution in [-0.4, -0.2) is 72.2 Å². The minimum absolute atomic E-state index is 0.00774. The van der Waals surface area contributed by atoms with Gasteiger partial charge in [0, 0.05) is 43.6 Å². The maximum absolute atomic E-state index is 13.0. The van der Waals surface area contributed by atoms with E-state index in [1.807, 2.05) is 13.8 Å². The van der Waals surface area contributed by atoms with Crippen LogP contribution < -0.4 is 11.1 Å². The quantitative estimate of drug-likeness (QED) is 0.146. The topological polar surface area (TPSA) is 173 Å². The Kier molecular flexibility index (Phi) is 13.0. The molecule has 0 saturated carbocycles. The third-order valence-corrected chi connectivity index (χ3v) is 7.11. The molecule has 11 heteroatoms. The molecule has 1 heterocycles. The van der Waals surface area contributed by atoms with E-state index in [2.05, 4.69) is 16.9 Å². The fourth-order valence-corrected chi connectivity index (χ4v) is 4.87. The molecule has 1 aromatic rings. The van der Waals surface area contributed by atoms with Crippen molar-refractivity contribution in [3.8, 4) is 11.5 Å². The third kappa shape index (κ3) is 9.04. The van der Waals surface area contributed by atoms with E-state index >= 15 is 0 Å². The lowest BCUT2D eigenvalue weighted by Crippen LogP contribution is -2.37. The van der Waals surface area contributed by atoms with Gasteiger partial charge in [0.1, 0.15) is 23.3 Å². The number of phenols is 2. The first-order valence-electron chi connectivity index (χ1n) is 13.6. The fraction of sp³-hybridized carbons (Fsp3) is 0.452. The maximum Gasteiger partial charge on any atom is 0.405 e. The van der Waals surface area contributed by atoms with Crippen molar-refractivity contribution in [2.45, 2.75) is 65.0 Å². The van der Waals surface area contributed by atoms with Gasteiger partial charge in [0.15, 0.2) is 6.10 Å². The van der Waals surface area contributed by atoms with Crippen LogP contribution in [0.5, 0.6) is 11.5 Å². The zero-order valence-electron chi connectivity index (χ0n) is 25.0. The predicted molar refractivity (Wildman–Crippen MR) is 162 cm³/mol. The van der Waals surface area contributed by atoms with E-state index in [1.165, 1.54) is 38.7 Å². The number of methoxy groups -OCH3 is 2. The summed E-state index contributed by atoms with van der Waals surface area (Å²) in [4.78, 5) is 29.0. The molecule has 6 atom stereocenters. The fourth-order valence-electron chi connectivity index (χ4n) is 4.87. The molecule has 2 bridgehead atoms. The predicted octanol–water partition coefficient (Wildman–Crippen LogP) is 4.45. The molecule has 0 aromatic heterocycles. The van der Waals surface area contributed by atoms with Crippen molar-refractivity contribution in [1.82, 2.24) is 0 Å². The minimum atomic E-state index is -0.994. The van der Waals surface area contributed by atoms with Gasteiger partial charge in [-0.1, -0.05) is 50.8 Å². The van der Waals surface area contributed by atoms with Crippen molar-refractivity contribution in [3.63, 3.8) is 0 Å². The summed E-state index contributed by atoms with van der Waals surface area (Å²) < 4.78 is 16.6. The van der Waals surface area contributed by atoms with E-state index in [4.69, 9.17) is 19.9 Å². The number of nitrogens with one attached hydrogen (secondary N) is 1. The number of primary amides is 1. The van der Waals surface area contributed by atoms with Crippen LogP contribution >= 0.6 is 0 Å². The first-order valence-corrected chi connectivity index (χ1v) is 13.6. The molecular formula is C31H43N3O8. The number of nitrogens with two attached hydrogens (primary N) is 1. The second-order valence-electron chi connectivity index (χ2n) is 10.5. The highest BCUT2D eigenvalue weighted by atomic mass is 16.6. The van der Waals surface area contributed by atoms with Crippen molar-refractivity contribution in [1.29, 1.82) is 0 Å². The summed E-state index contributed by atoms with van der Waals surface area (Å²) in [5.41, 5.74) is 6.69. The van der Waals surface area contributed by atoms with Gasteiger partial charge in [-0.25, -0.2) is 4.79 Å². The van der Waals surface area contributed by atoms with E-state index < -0.39 is 42.3 Å². The number of benzene rings is 1. The summed E-state index contributed by atoms with van der Waals surface area (Å²) in [6.07, 6.45) is 5.69. The van der Waals surface area contributed by atoms with E-state index in [1.54, 1.807) is 32.1 Å². The van der Waals surface area contributed by atoms with Crippen LogP contribution in [0, 0.1) is 11.8 Å². The number of amides is 2. The number of fused-ring (bicyclic) bond motifs is 2. The molecule has 0 saturated heterocycles. The molecule has 1 unspecified atom stereocenters. The van der Waals surface area contributed by atoms with E-state index in [-0.39, 0.29) is 40.8 Å². The lowest BCUT2D eigenvalue weighted by Gasteiger charge is -2.29. The SMILES string of the molecule is C=CC=Nc1c(O)cc2c(O)c1C[C@@H](C)C[C@H](OC)[C@H](O)[C@@H](C)C=C(C)[C@H](OC(N)=O)C(OC)C=CC=C(C)C(=O)N2. The molecule has 11 nitrogen and oxygen atoms in total. The molecule has 0 spiro atoms. The lowest BCUT2D eigenvalue weighted by molar-refractivity contribution is -0.112. The first-order chi connectivity index (χ1) is 19.8. The maximum atomic E-state index is 13.0. The van der Waals surface area contributed by atoms with Gasteiger partial charge in [0.25, 0.3) is 5.91 Å². The van der Waals surface area contributed by atoms with Gasteiger partial charge in [0.2, 0.25) is 0 Å². The van der Waals surface area contributed by atoms with Gasteiger partial charge in [-0.2, -0.15) is 0 Å². The zero-order chi connectivity index (χ0) is 31.6. The van der Waals surface area contributed by atoms with Gasteiger partial charge in [-0.05, 0) is 38.2 Å². The molecule has 1 aliphatic heterocycles. The van der Waals surface area contributed by atoms with Crippen molar-refractivity contribution in [2.24, 2.45) is 22.6 Å². The summed E-state index contributed by atoms with van der Waals surface area (Å²) >= 11 is 0. The minimum Gasteiger partial charge on any atom is -0.506 e. The Balaban J connectivity index is 2.69. The van der Waals surface area contributed by atoms with E-state index in [0.29, 0.717) is 17.6 Å². The van der Waals surface area contributed by atoms with Crippen LogP contribution in [0.25, 0.3) is 0 Å². The summed E-state index contributed by atoms with van der Waals surface area (Å²) in [6.45, 7) is 10.6. The van der Waals surface area contributed by atoms with Gasteiger partial charge >= 0.3 is 6.09 Å². The number of carbonyl (C=O) groups excluding carboxylic acids is 2. The number of ether oxygens (including phenoxy) is 3. The Hall–Kier alpha value is -3.93. The molecular weight excluding hydrogens is 542 g/mol. The van der Waals surface area contributed by atoms with Gasteiger partial charge < -0.3 is 40.6 Å². The van der Waals surface area contributed by atoms with Crippen LogP contribution in [0.15, 0.2) is 59.2 Å². The van der Waals surface area contributed by atoms with Crippen LogP contribution in [0.4, 0.5) is 16.2 Å². The average molecular weight is 586 g/mol. The molecule has 1 aromatic carbocycles. The number of aromatic hydroxyl groups is 2. The number of allylic oxidation sites excluding steroid dienone is 3. The highest BCUT2D eigenvalue weighted by molar-refractivity contribution is 6.04. The normalized spacial score (nSPS) is 26.3. The molecule has 230 valence electrons. The largest absolute Gasteiger partial charge is 0.506 e. The van der Waals surface area contributed by atoms with Crippen LogP contribution in [0.1, 0.15) is 39.7 Å². The molecule has 0 aliphatic carbocycles. The number of aliphatic imine (C=N–C) groups is 1. The monoisotopic (exact) mass is 585 g/mol. The molecule has 6 N–H and O–H groups in total. The molecule has 2 amide bonds. The number of hydrogen-bond acceptors (Lipinski definition) is 9. The molecule has 42 heavy (non-hydrogen) atoms. The number of anilines is 1. The highest BCUT2D eigenvalue weighted by Gasteiger charge is 2.30. The number of rotatable bonds is 5. The second kappa shape index (κ2) is 15.9. The smallest absolute Gasteiger partial charge is 0.405 e. The molecule has 0 fully saturated rings. The Morgan fingerprint density at radius 3 is 2.50 bits per heavy atom. The van der Waals surface area contributed by atoms with Crippen molar-refractivity contribution in [2.75, 3.05) is 19.5 Å². The van der Waals surface area contributed by atoms with Crippen molar-refractivity contribution in [3.05, 3.63) is 59.7 Å². The first kappa shape index (κ1) is 34.3. The number of nitrogens with zero attached hydrogens (tertiary/aromatic N) is 1. The average Bonchev–Trinajstić information content (AvgIpc) is 2.94. The van der Waals surface area contributed by atoms with Crippen LogP contribution in [-0.2, 0) is 25.4 Å². The Morgan fingerprint density at radius 2 is 1.90 bits per heavy atom. The lowest BCUT2D eigenvalue weighted by atomic mass is 9.87. The Morgan fingerprint density at radius 1 is 1.21 bits per heavy atom. The number of aliphatic hydroxyl groups is 1. The van der Waals surface area contributed by atoms with Crippen molar-refractivity contribution >= 4 is 29.6 Å². The van der Waals surface area contributed by atoms with Crippen LogP contribution in [0.3, 0.4) is 0 Å². The molecule has 1 aliphatic rings. The second-order valence-corrected chi connectivity index (χ2v) is 10.5. The Bertz CT molecular complexity index is 1250. The summed E-state index contributed by atoms with van der Waals surface area (Å²) in [7, 11) is 2.94. The highest BCUT2D eigenvalue weighted by Crippen LogP contribution is 2.44. The van der Waals surface area contributed by atoms with E-state index in [9.17, 15) is 24.9 Å². The molecule has 0 radical (unpaired) electrons. The number of phenolic OH excluding ortho intramolecular Hbond substituents is 2. The third-order valence-electron chi connectivity index (χ3n) is 7.11. The summed E-state index contributed by atoms with van der Waals surface area (Å²) in [6, 6.07) is 1.23. The summed E-state index contributed by atoms with van der Waals surface area (Å²) in [5, 5.41) is 35.9. The Labute approximate surface area is 247 Å².